The normalized spacial score (nSPS) is 15.1. The van der Waals surface area contributed by atoms with Crippen molar-refractivity contribution in [3.63, 3.8) is 0 Å². The molecule has 0 N–H and O–H groups in total. The van der Waals surface area contributed by atoms with E-state index in [4.69, 9.17) is 4.74 Å². The lowest BCUT2D eigenvalue weighted by molar-refractivity contribution is -0.119. The van der Waals surface area contributed by atoms with Crippen molar-refractivity contribution in [3.8, 4) is 17.1 Å². The number of anilines is 1. The van der Waals surface area contributed by atoms with Crippen LogP contribution in [0.1, 0.15) is 19.3 Å². The highest BCUT2D eigenvalue weighted by Crippen LogP contribution is 2.31. The fraction of sp³-hybridized carbons (Fsp3) is 0.312. The van der Waals surface area contributed by atoms with Crippen molar-refractivity contribution < 1.29 is 9.53 Å². The standard InChI is InChI=1S/C16H17N3O2/c1-21-14-8-7-12(11-18-14)16-13(5-4-9-17-16)19-10-3-2-6-15(19)20/h4-5,7-9,11H,2-3,6,10H2,1H3. The first-order valence-electron chi connectivity index (χ1n) is 7.05. The van der Waals surface area contributed by atoms with Crippen LogP contribution in [0.3, 0.4) is 0 Å². The van der Waals surface area contributed by atoms with E-state index < -0.39 is 0 Å². The van der Waals surface area contributed by atoms with Crippen LogP contribution < -0.4 is 9.64 Å². The monoisotopic (exact) mass is 283 g/mol. The van der Waals surface area contributed by atoms with Crippen LogP contribution in [-0.2, 0) is 4.79 Å². The molecule has 1 saturated heterocycles. The highest BCUT2D eigenvalue weighted by atomic mass is 16.5. The molecule has 5 nitrogen and oxygen atoms in total. The van der Waals surface area contributed by atoms with Crippen LogP contribution in [0.2, 0.25) is 0 Å². The first-order chi connectivity index (χ1) is 10.3. The molecule has 3 heterocycles. The van der Waals surface area contributed by atoms with Gasteiger partial charge in [0, 0.05) is 37.0 Å². The summed E-state index contributed by atoms with van der Waals surface area (Å²) in [6.45, 7) is 0.751. The van der Waals surface area contributed by atoms with Crippen LogP contribution in [0.15, 0.2) is 36.7 Å². The van der Waals surface area contributed by atoms with Crippen molar-refractivity contribution in [1.29, 1.82) is 0 Å². The second kappa shape index (κ2) is 5.91. The molecule has 0 radical (unpaired) electrons. The Hall–Kier alpha value is -2.43. The number of amides is 1. The van der Waals surface area contributed by atoms with Gasteiger partial charge in [-0.25, -0.2) is 4.98 Å². The smallest absolute Gasteiger partial charge is 0.227 e. The van der Waals surface area contributed by atoms with Gasteiger partial charge in [-0.15, -0.1) is 0 Å². The second-order valence-electron chi connectivity index (χ2n) is 4.96. The van der Waals surface area contributed by atoms with Gasteiger partial charge in [-0.05, 0) is 31.0 Å². The zero-order valence-electron chi connectivity index (χ0n) is 12.0. The lowest BCUT2D eigenvalue weighted by Gasteiger charge is -2.28. The van der Waals surface area contributed by atoms with Gasteiger partial charge in [-0.2, -0.15) is 0 Å². The van der Waals surface area contributed by atoms with Crippen LogP contribution in [0.4, 0.5) is 5.69 Å². The Morgan fingerprint density at radius 3 is 2.81 bits per heavy atom. The molecule has 0 atom stereocenters. The van der Waals surface area contributed by atoms with Gasteiger partial charge >= 0.3 is 0 Å². The van der Waals surface area contributed by atoms with Crippen LogP contribution in [0.5, 0.6) is 5.88 Å². The topological polar surface area (TPSA) is 55.3 Å². The van der Waals surface area contributed by atoms with E-state index in [1.807, 2.05) is 23.1 Å². The van der Waals surface area contributed by atoms with Crippen LogP contribution >= 0.6 is 0 Å². The van der Waals surface area contributed by atoms with Gasteiger partial charge in [0.25, 0.3) is 0 Å². The third-order valence-corrected chi connectivity index (χ3v) is 3.62. The average Bonchev–Trinajstić information content (AvgIpc) is 2.55. The number of piperidine rings is 1. The maximum absolute atomic E-state index is 12.1. The van der Waals surface area contributed by atoms with Crippen molar-refractivity contribution in [3.05, 3.63) is 36.7 Å². The maximum Gasteiger partial charge on any atom is 0.227 e. The van der Waals surface area contributed by atoms with E-state index in [0.717, 1.165) is 36.3 Å². The van der Waals surface area contributed by atoms with Crippen LogP contribution in [0, 0.1) is 0 Å². The molecule has 0 spiro atoms. The van der Waals surface area contributed by atoms with Crippen molar-refractivity contribution in [2.75, 3.05) is 18.6 Å². The van der Waals surface area contributed by atoms with E-state index in [-0.39, 0.29) is 5.91 Å². The number of hydrogen-bond acceptors (Lipinski definition) is 4. The Balaban J connectivity index is 2.00. The van der Waals surface area contributed by atoms with E-state index in [1.165, 1.54) is 0 Å². The highest BCUT2D eigenvalue weighted by molar-refractivity contribution is 5.97. The van der Waals surface area contributed by atoms with E-state index in [1.54, 1.807) is 25.6 Å². The molecule has 0 aliphatic carbocycles. The summed E-state index contributed by atoms with van der Waals surface area (Å²) in [6, 6.07) is 7.51. The Morgan fingerprint density at radius 2 is 2.10 bits per heavy atom. The Labute approximate surface area is 123 Å². The third-order valence-electron chi connectivity index (χ3n) is 3.62. The molecule has 1 aliphatic rings. The van der Waals surface area contributed by atoms with Gasteiger partial charge in [0.1, 0.15) is 0 Å². The zero-order chi connectivity index (χ0) is 14.7. The summed E-state index contributed by atoms with van der Waals surface area (Å²) in [5.74, 6) is 0.724. The predicted octanol–water partition coefficient (Wildman–Crippen LogP) is 2.67. The number of rotatable bonds is 3. The third kappa shape index (κ3) is 2.72. The first kappa shape index (κ1) is 13.5. The van der Waals surface area contributed by atoms with Crippen LogP contribution in [0.25, 0.3) is 11.3 Å². The molecule has 5 heteroatoms. The fourth-order valence-corrected chi connectivity index (χ4v) is 2.54. The van der Waals surface area contributed by atoms with Crippen molar-refractivity contribution >= 4 is 11.6 Å². The Morgan fingerprint density at radius 1 is 1.19 bits per heavy atom. The van der Waals surface area contributed by atoms with Gasteiger partial charge in [0.05, 0.1) is 18.5 Å². The quantitative estimate of drug-likeness (QED) is 0.869. The lowest BCUT2D eigenvalue weighted by Crippen LogP contribution is -2.35. The van der Waals surface area contributed by atoms with Crippen LogP contribution in [-0.4, -0.2) is 29.5 Å². The Kier molecular flexibility index (Phi) is 3.81. The second-order valence-corrected chi connectivity index (χ2v) is 4.96. The molecule has 21 heavy (non-hydrogen) atoms. The SMILES string of the molecule is COc1ccc(-c2ncccc2N2CCCCC2=O)cn1. The van der Waals surface area contributed by atoms with E-state index in [0.29, 0.717) is 12.3 Å². The minimum atomic E-state index is 0.164. The summed E-state index contributed by atoms with van der Waals surface area (Å²) in [4.78, 5) is 22.6. The van der Waals surface area contributed by atoms with Gasteiger partial charge in [-0.1, -0.05) is 0 Å². The number of ether oxygens (including phenoxy) is 1. The number of nitrogens with zero attached hydrogens (tertiary/aromatic N) is 3. The first-order valence-corrected chi connectivity index (χ1v) is 7.05. The van der Waals surface area contributed by atoms with Crippen molar-refractivity contribution in [2.45, 2.75) is 19.3 Å². The number of hydrogen-bond donors (Lipinski definition) is 0. The lowest BCUT2D eigenvalue weighted by atomic mass is 10.1. The van der Waals surface area contributed by atoms with Gasteiger partial charge in [-0.3, -0.25) is 9.78 Å². The number of aromatic nitrogens is 2. The Bertz CT molecular complexity index is 640. The van der Waals surface area contributed by atoms with Crippen molar-refractivity contribution in [1.82, 2.24) is 9.97 Å². The van der Waals surface area contributed by atoms with Gasteiger partial charge in [0.15, 0.2) is 0 Å². The minimum Gasteiger partial charge on any atom is -0.481 e. The molecule has 2 aromatic heterocycles. The molecule has 0 aromatic carbocycles. The van der Waals surface area contributed by atoms with E-state index in [9.17, 15) is 4.79 Å². The summed E-state index contributed by atoms with van der Waals surface area (Å²) in [7, 11) is 1.58. The van der Waals surface area contributed by atoms with Crippen molar-refractivity contribution in [2.24, 2.45) is 0 Å². The molecular formula is C16H17N3O2. The molecule has 1 fully saturated rings. The number of carbonyl (C=O) groups excluding carboxylic acids is 1. The summed E-state index contributed by atoms with van der Waals surface area (Å²) in [5.41, 5.74) is 2.52. The molecule has 2 aromatic rings. The molecule has 0 unspecified atom stereocenters. The van der Waals surface area contributed by atoms with Gasteiger partial charge in [0.2, 0.25) is 11.8 Å². The minimum absolute atomic E-state index is 0.164. The van der Waals surface area contributed by atoms with E-state index in [2.05, 4.69) is 9.97 Å². The summed E-state index contributed by atoms with van der Waals surface area (Å²) in [5, 5.41) is 0. The number of methoxy groups -OCH3 is 1. The summed E-state index contributed by atoms with van der Waals surface area (Å²) in [6.07, 6.45) is 6.06. The average molecular weight is 283 g/mol. The molecule has 0 bridgehead atoms. The molecular weight excluding hydrogens is 266 g/mol. The van der Waals surface area contributed by atoms with Gasteiger partial charge < -0.3 is 9.64 Å². The number of pyridine rings is 2. The molecule has 108 valence electrons. The fourth-order valence-electron chi connectivity index (χ4n) is 2.54. The zero-order valence-corrected chi connectivity index (χ0v) is 12.0. The largest absolute Gasteiger partial charge is 0.481 e. The molecule has 3 rings (SSSR count). The maximum atomic E-state index is 12.1. The highest BCUT2D eigenvalue weighted by Gasteiger charge is 2.22. The summed E-state index contributed by atoms with van der Waals surface area (Å²) < 4.78 is 5.07. The predicted molar refractivity (Wildman–Crippen MR) is 80.2 cm³/mol. The molecule has 0 saturated carbocycles. The summed E-state index contributed by atoms with van der Waals surface area (Å²) >= 11 is 0. The van der Waals surface area contributed by atoms with E-state index >= 15 is 0 Å². The molecule has 1 aliphatic heterocycles. The number of carbonyl (C=O) groups is 1. The molecule has 1 amide bonds.